The number of methoxy groups -OCH3 is 1. The molecule has 79 heavy (non-hydrogen) atoms. The summed E-state index contributed by atoms with van der Waals surface area (Å²) in [5, 5.41) is 11.7. The van der Waals surface area contributed by atoms with Crippen molar-refractivity contribution in [3.05, 3.63) is 102 Å². The Labute approximate surface area is 468 Å². The van der Waals surface area contributed by atoms with E-state index in [9.17, 15) is 24.0 Å². The smallest absolute Gasteiger partial charge is 0.315 e. The van der Waals surface area contributed by atoms with Crippen LogP contribution in [0.4, 0.5) is 9.59 Å². The number of nitrogens with one attached hydrogen (secondary N) is 4. The van der Waals surface area contributed by atoms with Crippen molar-refractivity contribution in [3.8, 4) is 5.75 Å². The predicted octanol–water partition coefficient (Wildman–Crippen LogP) is 7.88. The number of carbonyl (C=O) groups excluding carboxylic acids is 5. The maximum absolute atomic E-state index is 13.9. The minimum Gasteiger partial charge on any atom is -0.497 e. The number of hydrogen-bond donors (Lipinski definition) is 4. The van der Waals surface area contributed by atoms with Gasteiger partial charge in [0.1, 0.15) is 17.8 Å². The lowest BCUT2D eigenvalue weighted by molar-refractivity contribution is -0.166. The number of likely N-dealkylation sites (tertiary alicyclic amines) is 2. The number of nitrogens with zero attached hydrogens (tertiary/aromatic N) is 6. The number of urea groups is 2. The average molecular weight is 1090 g/mol. The number of rotatable bonds is 22. The second-order valence-electron chi connectivity index (χ2n) is 22.2. The Kier molecular flexibility index (Phi) is 23.0. The van der Waals surface area contributed by atoms with Crippen LogP contribution < -0.4 is 26.0 Å². The third-order valence-corrected chi connectivity index (χ3v) is 17.2. The predicted molar refractivity (Wildman–Crippen MR) is 304 cm³/mol. The molecular formula is C61H90N10O8. The Morgan fingerprint density at radius 2 is 1.11 bits per heavy atom. The molecule has 4 fully saturated rings. The molecule has 4 N–H and O–H groups in total. The SMILES string of the molecule is CCCOC1(C2CCCCC2)CCN(C(=O)[C@@H](Cc2ccc(OC)cc2)NC(=O)NCCc2cncn2C)CC1.CCOC(=O)C1(C2CCCCC2)CCN(C(=O)[C@@H](Cc2ccccc2)NC(=O)NCCc2cncn2C)CC1. The average Bonchev–Trinajstić information content (AvgIpc) is 4.28. The molecule has 4 heterocycles. The van der Waals surface area contributed by atoms with Gasteiger partial charge in [0.15, 0.2) is 0 Å². The summed E-state index contributed by atoms with van der Waals surface area (Å²) >= 11 is 0. The van der Waals surface area contributed by atoms with Gasteiger partial charge in [-0.2, -0.15) is 0 Å². The topological polar surface area (TPSA) is 203 Å². The molecule has 4 aliphatic rings. The molecule has 2 saturated heterocycles. The molecule has 2 atom stereocenters. The normalized spacial score (nSPS) is 18.2. The fourth-order valence-electron chi connectivity index (χ4n) is 12.5. The highest BCUT2D eigenvalue weighted by atomic mass is 16.5. The van der Waals surface area contributed by atoms with E-state index < -0.39 is 17.5 Å². The van der Waals surface area contributed by atoms with Gasteiger partial charge in [-0.05, 0) is 99.8 Å². The zero-order chi connectivity index (χ0) is 56.0. The van der Waals surface area contributed by atoms with E-state index in [2.05, 4.69) is 38.2 Å². The summed E-state index contributed by atoms with van der Waals surface area (Å²) in [6.45, 7) is 8.33. The highest BCUT2D eigenvalue weighted by molar-refractivity contribution is 5.88. The summed E-state index contributed by atoms with van der Waals surface area (Å²) in [5.74, 6) is 1.40. The van der Waals surface area contributed by atoms with E-state index in [0.717, 1.165) is 79.8 Å². The van der Waals surface area contributed by atoms with E-state index >= 15 is 0 Å². The van der Waals surface area contributed by atoms with Gasteiger partial charge in [-0.15, -0.1) is 0 Å². The highest BCUT2D eigenvalue weighted by Crippen LogP contribution is 2.47. The summed E-state index contributed by atoms with van der Waals surface area (Å²) in [4.78, 5) is 78.6. The number of aryl methyl sites for hydroxylation is 2. The lowest BCUT2D eigenvalue weighted by Crippen LogP contribution is -2.57. The fourth-order valence-corrected chi connectivity index (χ4v) is 12.5. The molecule has 2 saturated carbocycles. The van der Waals surface area contributed by atoms with Crippen molar-refractivity contribution < 1.29 is 38.2 Å². The maximum Gasteiger partial charge on any atom is 0.315 e. The van der Waals surface area contributed by atoms with E-state index in [1.54, 1.807) is 32.2 Å². The number of imidazole rings is 2. The Balaban J connectivity index is 0.000000229. The van der Waals surface area contributed by atoms with Gasteiger partial charge in [0, 0.05) is 109 Å². The number of esters is 1. The number of ether oxygens (including phenoxy) is 3. The van der Waals surface area contributed by atoms with Crippen LogP contribution in [0.1, 0.15) is 133 Å². The molecule has 432 valence electrons. The molecule has 2 aliphatic heterocycles. The van der Waals surface area contributed by atoms with Crippen molar-refractivity contribution in [2.24, 2.45) is 31.3 Å². The van der Waals surface area contributed by atoms with Gasteiger partial charge < -0.3 is 54.4 Å². The van der Waals surface area contributed by atoms with Crippen molar-refractivity contribution in [1.82, 2.24) is 50.2 Å². The van der Waals surface area contributed by atoms with Crippen LogP contribution in [0.15, 0.2) is 79.6 Å². The molecule has 4 aromatic rings. The van der Waals surface area contributed by atoms with E-state index in [1.165, 1.54) is 38.5 Å². The van der Waals surface area contributed by atoms with Gasteiger partial charge in [-0.25, -0.2) is 19.6 Å². The van der Waals surface area contributed by atoms with Crippen LogP contribution >= 0.6 is 0 Å². The second-order valence-corrected chi connectivity index (χ2v) is 22.2. The summed E-state index contributed by atoms with van der Waals surface area (Å²) in [5.41, 5.74) is 3.35. The first-order valence-corrected chi connectivity index (χ1v) is 29.4. The van der Waals surface area contributed by atoms with Crippen LogP contribution in [-0.2, 0) is 63.6 Å². The van der Waals surface area contributed by atoms with Crippen molar-refractivity contribution in [3.63, 3.8) is 0 Å². The number of benzene rings is 2. The second kappa shape index (κ2) is 30.2. The molecule has 0 spiro atoms. The van der Waals surface area contributed by atoms with Crippen LogP contribution in [0, 0.1) is 17.3 Å². The third kappa shape index (κ3) is 16.8. The first kappa shape index (κ1) is 60.2. The molecule has 18 nitrogen and oxygen atoms in total. The van der Waals surface area contributed by atoms with Gasteiger partial charge in [0.05, 0.1) is 37.4 Å². The molecule has 8 rings (SSSR count). The van der Waals surface area contributed by atoms with Gasteiger partial charge in [-0.1, -0.05) is 87.9 Å². The number of carbonyl (C=O) groups is 5. The minimum atomic E-state index is -0.700. The first-order chi connectivity index (χ1) is 38.4. The van der Waals surface area contributed by atoms with Gasteiger partial charge in [0.25, 0.3) is 0 Å². The summed E-state index contributed by atoms with van der Waals surface area (Å²) in [6, 6.07) is 15.3. The van der Waals surface area contributed by atoms with Crippen LogP contribution in [0.25, 0.3) is 0 Å². The minimum absolute atomic E-state index is 0.0367. The fraction of sp³-hybridized carbons (Fsp3) is 0.623. The summed E-state index contributed by atoms with van der Waals surface area (Å²) in [7, 11) is 5.48. The van der Waals surface area contributed by atoms with Crippen LogP contribution in [0.3, 0.4) is 0 Å². The summed E-state index contributed by atoms with van der Waals surface area (Å²) < 4.78 is 21.3. The summed E-state index contributed by atoms with van der Waals surface area (Å²) in [6.07, 6.45) is 25.0. The molecule has 2 aromatic carbocycles. The molecule has 0 unspecified atom stereocenters. The van der Waals surface area contributed by atoms with Gasteiger partial charge in [-0.3, -0.25) is 14.4 Å². The maximum atomic E-state index is 13.9. The van der Waals surface area contributed by atoms with Crippen molar-refractivity contribution in [1.29, 1.82) is 0 Å². The highest BCUT2D eigenvalue weighted by Gasteiger charge is 2.50. The number of amides is 6. The lowest BCUT2D eigenvalue weighted by Gasteiger charge is -2.48. The third-order valence-electron chi connectivity index (χ3n) is 17.2. The molecule has 0 radical (unpaired) electrons. The molecular weight excluding hydrogens is 1000 g/mol. The Morgan fingerprint density at radius 3 is 1.57 bits per heavy atom. The van der Waals surface area contributed by atoms with Gasteiger partial charge >= 0.3 is 18.0 Å². The largest absolute Gasteiger partial charge is 0.497 e. The Morgan fingerprint density at radius 1 is 0.633 bits per heavy atom. The molecule has 2 aliphatic carbocycles. The quantitative estimate of drug-likeness (QED) is 0.0561. The van der Waals surface area contributed by atoms with E-state index in [-0.39, 0.29) is 35.4 Å². The molecule has 18 heteroatoms. The van der Waals surface area contributed by atoms with Crippen LogP contribution in [0.5, 0.6) is 5.75 Å². The molecule has 0 bridgehead atoms. The Bertz CT molecular complexity index is 2500. The standard InChI is InChI=1S/C31H47N5O4.C30H43N5O4/c1-4-20-40-31(25-8-6-5-7-9-25)15-18-36(19-16-31)29(37)28(21-24-10-12-27(39-3)13-11-24)34-30(38)33-17-14-26-22-32-23-35(26)2;1-3-39-28(37)30(24-12-8-5-9-13-24)15-18-35(19-16-30)27(36)26(20-23-10-6-4-7-11-23)33-29(38)32-17-14-25-21-31-22-34(25)2/h10-13,22-23,25,28H,4-9,14-21H2,1-3H3,(H2,33,34,38);4,6-7,10-11,21-22,24,26H,3,5,8-9,12-20H2,1-2H3,(H2,32,33,38)/t28-;26-/m11/s1. The van der Waals surface area contributed by atoms with Crippen LogP contribution in [0.2, 0.25) is 0 Å². The monoisotopic (exact) mass is 1090 g/mol. The number of piperidine rings is 2. The first-order valence-electron chi connectivity index (χ1n) is 29.4. The number of hydrogen-bond acceptors (Lipinski definition) is 10. The van der Waals surface area contributed by atoms with Crippen molar-refractivity contribution >= 4 is 29.8 Å². The van der Waals surface area contributed by atoms with E-state index in [4.69, 9.17) is 14.2 Å². The Hall–Kier alpha value is -6.43. The zero-order valence-corrected chi connectivity index (χ0v) is 47.9. The van der Waals surface area contributed by atoms with Crippen LogP contribution in [-0.4, -0.2) is 136 Å². The van der Waals surface area contributed by atoms with Crippen molar-refractivity contribution in [2.45, 2.75) is 154 Å². The lowest BCUT2D eigenvalue weighted by atomic mass is 9.63. The zero-order valence-electron chi connectivity index (χ0n) is 47.9. The molecule has 6 amide bonds. The van der Waals surface area contributed by atoms with Gasteiger partial charge in [0.2, 0.25) is 11.8 Å². The number of aromatic nitrogens is 4. The molecule has 2 aromatic heterocycles. The van der Waals surface area contributed by atoms with E-state index in [1.807, 2.05) is 94.6 Å². The van der Waals surface area contributed by atoms with Crippen molar-refractivity contribution in [2.75, 3.05) is 59.6 Å². The van der Waals surface area contributed by atoms with E-state index in [0.29, 0.717) is 96.2 Å².